The first-order chi connectivity index (χ1) is 10.7. The van der Waals surface area contributed by atoms with Gasteiger partial charge in [0.1, 0.15) is 0 Å². The zero-order valence-electron chi connectivity index (χ0n) is 13.1. The number of carbonyl (C=O) groups excluding carboxylic acids is 1. The molecule has 2 atom stereocenters. The standard InChI is InChI=1S/C16H20N2O5/c1-16(2,12-5-7-13(8-6-12)18(22)23)17-14(19)10-3-4-11(9-10)15(20)21/h5-8,10-11H,3-4,9H2,1-2H3,(H,17,19)(H,20,21)/t10-,11+/m1/s1. The molecule has 1 aromatic rings. The third-order valence-corrected chi connectivity index (χ3v) is 4.39. The topological polar surface area (TPSA) is 110 Å². The Morgan fingerprint density at radius 2 is 1.78 bits per heavy atom. The van der Waals surface area contributed by atoms with Crippen LogP contribution >= 0.6 is 0 Å². The van der Waals surface area contributed by atoms with Crippen molar-refractivity contribution in [2.45, 2.75) is 38.6 Å². The summed E-state index contributed by atoms with van der Waals surface area (Å²) in [5.41, 5.74) is 0.0632. The summed E-state index contributed by atoms with van der Waals surface area (Å²) in [5.74, 6) is -1.77. The van der Waals surface area contributed by atoms with Crippen LogP contribution in [0.4, 0.5) is 5.69 Å². The van der Waals surface area contributed by atoms with Crippen molar-refractivity contribution in [3.05, 3.63) is 39.9 Å². The molecule has 124 valence electrons. The molecule has 0 aromatic heterocycles. The summed E-state index contributed by atoms with van der Waals surface area (Å²) in [6, 6.07) is 6.04. The summed E-state index contributed by atoms with van der Waals surface area (Å²) in [6.45, 7) is 3.63. The molecule has 1 aliphatic carbocycles. The van der Waals surface area contributed by atoms with Gasteiger partial charge in [-0.25, -0.2) is 0 Å². The summed E-state index contributed by atoms with van der Waals surface area (Å²) in [4.78, 5) is 33.6. The number of nitro groups is 1. The van der Waals surface area contributed by atoms with E-state index in [0.717, 1.165) is 5.56 Å². The second-order valence-electron chi connectivity index (χ2n) is 6.46. The van der Waals surface area contributed by atoms with Gasteiger partial charge in [0.2, 0.25) is 5.91 Å². The van der Waals surface area contributed by atoms with E-state index in [1.54, 1.807) is 12.1 Å². The van der Waals surface area contributed by atoms with Gasteiger partial charge >= 0.3 is 5.97 Å². The van der Waals surface area contributed by atoms with E-state index in [9.17, 15) is 19.7 Å². The monoisotopic (exact) mass is 320 g/mol. The average Bonchev–Trinajstić information content (AvgIpc) is 2.97. The molecule has 1 saturated carbocycles. The maximum atomic E-state index is 12.4. The first-order valence-electron chi connectivity index (χ1n) is 7.50. The van der Waals surface area contributed by atoms with Gasteiger partial charge in [-0.05, 0) is 50.8 Å². The Morgan fingerprint density at radius 3 is 2.26 bits per heavy atom. The Hall–Kier alpha value is -2.44. The molecule has 1 fully saturated rings. The molecule has 2 rings (SSSR count). The number of benzene rings is 1. The number of nitrogens with one attached hydrogen (secondary N) is 1. The van der Waals surface area contributed by atoms with E-state index in [-0.39, 0.29) is 17.5 Å². The van der Waals surface area contributed by atoms with Crippen molar-refractivity contribution in [1.29, 1.82) is 0 Å². The zero-order chi connectivity index (χ0) is 17.2. The van der Waals surface area contributed by atoms with Gasteiger partial charge in [-0.1, -0.05) is 0 Å². The highest BCUT2D eigenvalue weighted by atomic mass is 16.6. The number of amides is 1. The van der Waals surface area contributed by atoms with E-state index < -0.39 is 22.3 Å². The van der Waals surface area contributed by atoms with Crippen LogP contribution in [-0.2, 0) is 15.1 Å². The fourth-order valence-electron chi connectivity index (χ4n) is 2.93. The highest BCUT2D eigenvalue weighted by molar-refractivity contribution is 5.81. The zero-order valence-corrected chi connectivity index (χ0v) is 13.1. The van der Waals surface area contributed by atoms with Gasteiger partial charge in [0.15, 0.2) is 0 Å². The number of aliphatic carboxylic acids is 1. The molecule has 23 heavy (non-hydrogen) atoms. The average molecular weight is 320 g/mol. The minimum atomic E-state index is -0.852. The number of carbonyl (C=O) groups is 2. The van der Waals surface area contributed by atoms with Gasteiger partial charge in [0.25, 0.3) is 5.69 Å². The van der Waals surface area contributed by atoms with Crippen molar-refractivity contribution in [2.24, 2.45) is 11.8 Å². The first-order valence-corrected chi connectivity index (χ1v) is 7.50. The SMILES string of the molecule is CC(C)(NC(=O)[C@@H]1CC[C@H](C(=O)O)C1)c1ccc([N+](=O)[O-])cc1. The van der Waals surface area contributed by atoms with Crippen LogP contribution in [0.1, 0.15) is 38.7 Å². The Kier molecular flexibility index (Phi) is 4.68. The van der Waals surface area contributed by atoms with Crippen LogP contribution in [0.3, 0.4) is 0 Å². The number of carboxylic acids is 1. The molecule has 0 heterocycles. The number of nitro benzene ring substituents is 1. The molecule has 2 N–H and O–H groups in total. The lowest BCUT2D eigenvalue weighted by Crippen LogP contribution is -2.43. The number of non-ortho nitro benzene ring substituents is 1. The first kappa shape index (κ1) is 16.9. The van der Waals surface area contributed by atoms with Gasteiger partial charge in [-0.3, -0.25) is 19.7 Å². The second kappa shape index (κ2) is 6.36. The van der Waals surface area contributed by atoms with Gasteiger partial charge in [0, 0.05) is 18.1 Å². The van der Waals surface area contributed by atoms with E-state index in [4.69, 9.17) is 5.11 Å². The molecule has 0 aliphatic heterocycles. The molecule has 0 radical (unpaired) electrons. The molecule has 1 aromatic carbocycles. The van der Waals surface area contributed by atoms with Crippen LogP contribution in [0.5, 0.6) is 0 Å². The molecule has 7 heteroatoms. The smallest absolute Gasteiger partial charge is 0.306 e. The van der Waals surface area contributed by atoms with Crippen LogP contribution in [-0.4, -0.2) is 21.9 Å². The van der Waals surface area contributed by atoms with E-state index in [1.807, 2.05) is 13.8 Å². The second-order valence-corrected chi connectivity index (χ2v) is 6.46. The van der Waals surface area contributed by atoms with Crippen LogP contribution in [0.15, 0.2) is 24.3 Å². The van der Waals surface area contributed by atoms with Crippen molar-refractivity contribution in [1.82, 2.24) is 5.32 Å². The maximum Gasteiger partial charge on any atom is 0.306 e. The third kappa shape index (κ3) is 3.85. The summed E-state index contributed by atoms with van der Waals surface area (Å²) in [5, 5.41) is 22.6. The molecule has 0 bridgehead atoms. The highest BCUT2D eigenvalue weighted by Crippen LogP contribution is 2.32. The number of hydrogen-bond acceptors (Lipinski definition) is 4. The van der Waals surface area contributed by atoms with E-state index >= 15 is 0 Å². The molecular weight excluding hydrogens is 300 g/mol. The normalized spacial score (nSPS) is 21.0. The summed E-state index contributed by atoms with van der Waals surface area (Å²) in [7, 11) is 0. The predicted molar refractivity (Wildman–Crippen MR) is 82.7 cm³/mol. The lowest BCUT2D eigenvalue weighted by atomic mass is 9.92. The molecule has 0 saturated heterocycles. The van der Waals surface area contributed by atoms with E-state index in [1.165, 1.54) is 12.1 Å². The van der Waals surface area contributed by atoms with Crippen LogP contribution in [0.25, 0.3) is 0 Å². The van der Waals surface area contributed by atoms with E-state index in [2.05, 4.69) is 5.32 Å². The van der Waals surface area contributed by atoms with Crippen LogP contribution < -0.4 is 5.32 Å². The fourth-order valence-corrected chi connectivity index (χ4v) is 2.93. The quantitative estimate of drug-likeness (QED) is 0.639. The number of hydrogen-bond donors (Lipinski definition) is 2. The largest absolute Gasteiger partial charge is 0.481 e. The van der Waals surface area contributed by atoms with Gasteiger partial charge in [-0.2, -0.15) is 0 Å². The van der Waals surface area contributed by atoms with Crippen molar-refractivity contribution in [2.75, 3.05) is 0 Å². The highest BCUT2D eigenvalue weighted by Gasteiger charge is 2.36. The van der Waals surface area contributed by atoms with Gasteiger partial charge in [0.05, 0.1) is 16.4 Å². The summed E-state index contributed by atoms with van der Waals surface area (Å²) >= 11 is 0. The van der Waals surface area contributed by atoms with Crippen molar-refractivity contribution in [3.63, 3.8) is 0 Å². The molecule has 0 unspecified atom stereocenters. The van der Waals surface area contributed by atoms with Crippen LogP contribution in [0.2, 0.25) is 0 Å². The summed E-state index contributed by atoms with van der Waals surface area (Å²) in [6.07, 6.45) is 1.45. The fraction of sp³-hybridized carbons (Fsp3) is 0.500. The Morgan fingerprint density at radius 1 is 1.22 bits per heavy atom. The predicted octanol–water partition coefficient (Wildman–Crippen LogP) is 2.45. The molecule has 1 amide bonds. The molecule has 0 spiro atoms. The Labute approximate surface area is 133 Å². The third-order valence-electron chi connectivity index (χ3n) is 4.39. The maximum absolute atomic E-state index is 12.4. The Bertz CT molecular complexity index is 624. The van der Waals surface area contributed by atoms with Crippen molar-refractivity contribution >= 4 is 17.6 Å². The minimum absolute atomic E-state index is 0.00373. The number of carboxylic acid groups (broad SMARTS) is 1. The van der Waals surface area contributed by atoms with Crippen molar-refractivity contribution < 1.29 is 19.6 Å². The molecule has 7 nitrogen and oxygen atoms in total. The number of nitrogens with zero attached hydrogens (tertiary/aromatic N) is 1. The molecule has 1 aliphatic rings. The lowest BCUT2D eigenvalue weighted by molar-refractivity contribution is -0.384. The lowest BCUT2D eigenvalue weighted by Gasteiger charge is -2.28. The summed E-state index contributed by atoms with van der Waals surface area (Å²) < 4.78 is 0. The van der Waals surface area contributed by atoms with E-state index in [0.29, 0.717) is 19.3 Å². The van der Waals surface area contributed by atoms with Gasteiger partial charge in [-0.15, -0.1) is 0 Å². The minimum Gasteiger partial charge on any atom is -0.481 e. The molecular formula is C16H20N2O5. The number of rotatable bonds is 5. The van der Waals surface area contributed by atoms with Crippen LogP contribution in [0, 0.1) is 22.0 Å². The van der Waals surface area contributed by atoms with Crippen molar-refractivity contribution in [3.8, 4) is 0 Å². The Balaban J connectivity index is 2.04. The van der Waals surface area contributed by atoms with Gasteiger partial charge < -0.3 is 10.4 Å².